The van der Waals surface area contributed by atoms with Gasteiger partial charge in [0.2, 0.25) is 0 Å². The molecule has 1 saturated heterocycles. The molecule has 0 bridgehead atoms. The molecule has 2 heterocycles. The minimum absolute atomic E-state index is 0.0849. The fraction of sp³-hybridized carbons (Fsp3) is 0.500. The zero-order chi connectivity index (χ0) is 14.8. The van der Waals surface area contributed by atoms with Crippen molar-refractivity contribution in [2.75, 3.05) is 26.4 Å². The molecule has 1 fully saturated rings. The highest BCUT2D eigenvalue weighted by molar-refractivity contribution is 5.92. The first-order valence-corrected chi connectivity index (χ1v) is 5.96. The van der Waals surface area contributed by atoms with Gasteiger partial charge in [-0.1, -0.05) is 0 Å². The number of pyridine rings is 1. The molecular weight excluding hydrogens is 277 g/mol. The van der Waals surface area contributed by atoms with E-state index >= 15 is 0 Å². The summed E-state index contributed by atoms with van der Waals surface area (Å²) in [6.45, 7) is 0.519. The quantitative estimate of drug-likeness (QED) is 0.880. The van der Waals surface area contributed by atoms with Crippen LogP contribution in [0.15, 0.2) is 18.3 Å². The third-order valence-corrected chi connectivity index (χ3v) is 3.01. The van der Waals surface area contributed by atoms with Gasteiger partial charge in [0.1, 0.15) is 5.69 Å². The second kappa shape index (κ2) is 5.76. The maximum Gasteiger partial charge on any atom is 0.417 e. The maximum absolute atomic E-state index is 12.4. The molecule has 110 valence electrons. The summed E-state index contributed by atoms with van der Waals surface area (Å²) in [6, 6.07) is 1.35. The molecule has 2 rings (SSSR count). The molecular formula is C12H13F3N2O3. The van der Waals surface area contributed by atoms with Crippen LogP contribution >= 0.6 is 0 Å². The van der Waals surface area contributed by atoms with E-state index in [0.717, 1.165) is 12.1 Å². The Morgan fingerprint density at radius 2 is 2.25 bits per heavy atom. The topological polar surface area (TPSA) is 62.7 Å². The Balaban J connectivity index is 2.16. The Kier molecular flexibility index (Phi) is 4.24. The summed E-state index contributed by atoms with van der Waals surface area (Å²) in [5.41, 5.74) is -0.993. The molecule has 1 unspecified atom stereocenters. The number of alkyl halides is 3. The van der Waals surface area contributed by atoms with E-state index in [-0.39, 0.29) is 25.5 Å². The van der Waals surface area contributed by atoms with Crippen LogP contribution in [0.25, 0.3) is 0 Å². The van der Waals surface area contributed by atoms with Crippen molar-refractivity contribution in [3.8, 4) is 0 Å². The Morgan fingerprint density at radius 3 is 2.80 bits per heavy atom. The van der Waals surface area contributed by atoms with Gasteiger partial charge in [0.15, 0.2) is 0 Å². The molecule has 8 heteroatoms. The molecule has 1 aliphatic rings. The van der Waals surface area contributed by atoms with Gasteiger partial charge in [-0.3, -0.25) is 9.78 Å². The third kappa shape index (κ3) is 3.07. The van der Waals surface area contributed by atoms with Crippen molar-refractivity contribution in [1.82, 2.24) is 9.88 Å². The highest BCUT2D eigenvalue weighted by Crippen LogP contribution is 2.28. The predicted molar refractivity (Wildman–Crippen MR) is 62.0 cm³/mol. The predicted octanol–water partition coefficient (Wildman–Crippen LogP) is 0.934. The summed E-state index contributed by atoms with van der Waals surface area (Å²) in [4.78, 5) is 17.1. The average Bonchev–Trinajstić information content (AvgIpc) is 2.45. The molecule has 5 nitrogen and oxygen atoms in total. The zero-order valence-electron chi connectivity index (χ0n) is 10.4. The van der Waals surface area contributed by atoms with E-state index in [1.165, 1.54) is 4.90 Å². The van der Waals surface area contributed by atoms with E-state index in [1.807, 2.05) is 0 Å². The van der Waals surface area contributed by atoms with Crippen LogP contribution in [-0.2, 0) is 10.9 Å². The van der Waals surface area contributed by atoms with Crippen LogP contribution in [0.4, 0.5) is 13.2 Å². The first-order chi connectivity index (χ1) is 9.43. The van der Waals surface area contributed by atoms with Gasteiger partial charge in [0, 0.05) is 12.7 Å². The first kappa shape index (κ1) is 14.7. The number of amides is 1. The number of carbonyl (C=O) groups excluding carboxylic acids is 1. The molecule has 1 aromatic rings. The minimum atomic E-state index is -4.48. The number of hydrogen-bond donors (Lipinski definition) is 1. The van der Waals surface area contributed by atoms with Crippen molar-refractivity contribution in [3.63, 3.8) is 0 Å². The maximum atomic E-state index is 12.4. The number of aliphatic hydroxyl groups excluding tert-OH is 1. The second-order valence-corrected chi connectivity index (χ2v) is 4.34. The molecule has 1 atom stereocenters. The number of halogens is 3. The van der Waals surface area contributed by atoms with Gasteiger partial charge < -0.3 is 14.7 Å². The van der Waals surface area contributed by atoms with Crippen LogP contribution < -0.4 is 0 Å². The van der Waals surface area contributed by atoms with E-state index < -0.39 is 23.7 Å². The van der Waals surface area contributed by atoms with Crippen molar-refractivity contribution >= 4 is 5.91 Å². The van der Waals surface area contributed by atoms with E-state index in [4.69, 9.17) is 9.84 Å². The molecule has 0 saturated carbocycles. The lowest BCUT2D eigenvalue weighted by Crippen LogP contribution is -2.50. The van der Waals surface area contributed by atoms with Crippen LogP contribution in [0.2, 0.25) is 0 Å². The number of carbonyl (C=O) groups is 1. The zero-order valence-corrected chi connectivity index (χ0v) is 10.4. The lowest BCUT2D eigenvalue weighted by Gasteiger charge is -2.34. The Bertz CT molecular complexity index is 476. The molecule has 0 aliphatic carbocycles. The molecule has 20 heavy (non-hydrogen) atoms. The summed E-state index contributed by atoms with van der Waals surface area (Å²) in [5.74, 6) is -0.513. The summed E-state index contributed by atoms with van der Waals surface area (Å²) in [6.07, 6.45) is -3.86. The monoisotopic (exact) mass is 290 g/mol. The molecule has 0 aromatic carbocycles. The van der Waals surface area contributed by atoms with E-state index in [2.05, 4.69) is 4.98 Å². The SMILES string of the molecule is O=C(c1ccc(C(F)(F)F)cn1)N1CCOCC1CO. The summed E-state index contributed by atoms with van der Waals surface area (Å²) < 4.78 is 42.4. The van der Waals surface area contributed by atoms with E-state index in [0.29, 0.717) is 12.8 Å². The van der Waals surface area contributed by atoms with E-state index in [9.17, 15) is 18.0 Å². The van der Waals surface area contributed by atoms with Crippen LogP contribution in [0, 0.1) is 0 Å². The first-order valence-electron chi connectivity index (χ1n) is 5.96. The normalized spacial score (nSPS) is 20.0. The van der Waals surface area contributed by atoms with Crippen LogP contribution in [0.5, 0.6) is 0 Å². The van der Waals surface area contributed by atoms with Crippen molar-refractivity contribution in [1.29, 1.82) is 0 Å². The van der Waals surface area contributed by atoms with Gasteiger partial charge in [0.05, 0.1) is 31.4 Å². The van der Waals surface area contributed by atoms with Crippen LogP contribution in [-0.4, -0.2) is 53.3 Å². The fourth-order valence-corrected chi connectivity index (χ4v) is 1.91. The largest absolute Gasteiger partial charge is 0.417 e. The average molecular weight is 290 g/mol. The van der Waals surface area contributed by atoms with Gasteiger partial charge in [-0.05, 0) is 12.1 Å². The summed E-state index contributed by atoms with van der Waals surface area (Å²) >= 11 is 0. The molecule has 0 radical (unpaired) electrons. The number of hydrogen-bond acceptors (Lipinski definition) is 4. The number of rotatable bonds is 2. The fourth-order valence-electron chi connectivity index (χ4n) is 1.91. The van der Waals surface area contributed by atoms with Gasteiger partial charge >= 0.3 is 6.18 Å². The van der Waals surface area contributed by atoms with Gasteiger partial charge in [-0.2, -0.15) is 13.2 Å². The van der Waals surface area contributed by atoms with Crippen molar-refractivity contribution in [2.24, 2.45) is 0 Å². The van der Waals surface area contributed by atoms with Crippen molar-refractivity contribution in [3.05, 3.63) is 29.6 Å². The second-order valence-electron chi connectivity index (χ2n) is 4.34. The van der Waals surface area contributed by atoms with Crippen LogP contribution in [0.3, 0.4) is 0 Å². The lowest BCUT2D eigenvalue weighted by atomic mass is 10.2. The number of ether oxygens (including phenoxy) is 1. The molecule has 1 N–H and O–H groups in total. The van der Waals surface area contributed by atoms with Crippen molar-refractivity contribution < 1.29 is 27.8 Å². The van der Waals surface area contributed by atoms with Gasteiger partial charge in [0.25, 0.3) is 5.91 Å². The molecule has 1 aliphatic heterocycles. The number of nitrogens with zero attached hydrogens (tertiary/aromatic N) is 2. The smallest absolute Gasteiger partial charge is 0.394 e. The van der Waals surface area contributed by atoms with E-state index in [1.54, 1.807) is 0 Å². The number of aromatic nitrogens is 1. The van der Waals surface area contributed by atoms with Gasteiger partial charge in [-0.15, -0.1) is 0 Å². The molecule has 0 spiro atoms. The summed E-state index contributed by atoms with van der Waals surface area (Å²) in [7, 11) is 0. The number of morpholine rings is 1. The minimum Gasteiger partial charge on any atom is -0.394 e. The van der Waals surface area contributed by atoms with Crippen molar-refractivity contribution in [2.45, 2.75) is 12.2 Å². The Hall–Kier alpha value is -1.67. The molecule has 1 amide bonds. The Labute approximate surface area is 113 Å². The standard InChI is InChI=1S/C12H13F3N2O3/c13-12(14,15)8-1-2-10(16-5-8)11(19)17-3-4-20-7-9(17)6-18/h1-2,5,9,18H,3-4,6-7H2. The summed E-state index contributed by atoms with van der Waals surface area (Å²) in [5, 5.41) is 9.16. The number of aliphatic hydroxyl groups is 1. The Morgan fingerprint density at radius 1 is 1.50 bits per heavy atom. The van der Waals surface area contributed by atoms with Gasteiger partial charge in [-0.25, -0.2) is 0 Å². The van der Waals surface area contributed by atoms with Crippen LogP contribution in [0.1, 0.15) is 16.1 Å². The third-order valence-electron chi connectivity index (χ3n) is 3.01. The lowest BCUT2D eigenvalue weighted by molar-refractivity contribution is -0.137. The highest BCUT2D eigenvalue weighted by atomic mass is 19.4. The molecule has 1 aromatic heterocycles. The highest BCUT2D eigenvalue weighted by Gasteiger charge is 2.32.